The Labute approximate surface area is 141 Å². The molecule has 0 aliphatic carbocycles. The van der Waals surface area contributed by atoms with E-state index in [1.54, 1.807) is 6.20 Å². The summed E-state index contributed by atoms with van der Waals surface area (Å²) in [5.74, 6) is -0.239. The van der Waals surface area contributed by atoms with Crippen molar-refractivity contribution in [1.29, 1.82) is 0 Å². The van der Waals surface area contributed by atoms with Crippen molar-refractivity contribution in [3.8, 4) is 0 Å². The topological polar surface area (TPSA) is 54.9 Å². The number of amides is 1. The summed E-state index contributed by atoms with van der Waals surface area (Å²) >= 11 is 0. The van der Waals surface area contributed by atoms with Crippen molar-refractivity contribution in [2.75, 3.05) is 0 Å². The van der Waals surface area contributed by atoms with Crippen molar-refractivity contribution >= 4 is 5.91 Å². The fraction of sp³-hybridized carbons (Fsp3) is 0.150. The average Bonchev–Trinajstić information content (AvgIpc) is 2.62. The minimum Gasteiger partial charge on any atom is -0.340 e. The number of hydrogen-bond acceptors (Lipinski definition) is 3. The first-order chi connectivity index (χ1) is 11.6. The number of carbonyl (C=O) groups excluding carboxylic acids is 1. The molecule has 2 aromatic carbocycles. The van der Waals surface area contributed by atoms with Crippen molar-refractivity contribution in [1.82, 2.24) is 15.3 Å². The lowest BCUT2D eigenvalue weighted by atomic mass is 9.97. The standard InChI is InChI=1S/C20H19N3O/c1-14-8-10-17(11-9-14)19(16-6-4-3-5-7-16)23-20(24)18-13-21-15(2)12-22-18/h3-13,19H,1-2H3,(H,23,24). The van der Waals surface area contributed by atoms with E-state index in [0.29, 0.717) is 5.69 Å². The van der Waals surface area contributed by atoms with Crippen LogP contribution in [0.4, 0.5) is 0 Å². The summed E-state index contributed by atoms with van der Waals surface area (Å²) in [6, 6.07) is 17.8. The van der Waals surface area contributed by atoms with Gasteiger partial charge in [-0.05, 0) is 25.0 Å². The molecule has 0 aliphatic heterocycles. The van der Waals surface area contributed by atoms with Crippen LogP contribution in [0.5, 0.6) is 0 Å². The Morgan fingerprint density at radius 1 is 0.875 bits per heavy atom. The summed E-state index contributed by atoms with van der Waals surface area (Å²) in [6.07, 6.45) is 3.10. The molecule has 3 rings (SSSR count). The van der Waals surface area contributed by atoms with Crippen LogP contribution in [-0.4, -0.2) is 15.9 Å². The number of rotatable bonds is 4. The highest BCUT2D eigenvalue weighted by Gasteiger charge is 2.18. The van der Waals surface area contributed by atoms with Crippen LogP contribution in [0.2, 0.25) is 0 Å². The maximum atomic E-state index is 12.6. The predicted octanol–water partition coefficient (Wildman–Crippen LogP) is 3.61. The van der Waals surface area contributed by atoms with E-state index in [4.69, 9.17) is 0 Å². The fourth-order valence-electron chi connectivity index (χ4n) is 2.48. The minimum atomic E-state index is -0.239. The second-order valence-electron chi connectivity index (χ2n) is 5.77. The van der Waals surface area contributed by atoms with Gasteiger partial charge in [0.1, 0.15) is 5.69 Å². The molecule has 0 aliphatic rings. The van der Waals surface area contributed by atoms with Gasteiger partial charge < -0.3 is 5.32 Å². The van der Waals surface area contributed by atoms with E-state index in [-0.39, 0.29) is 11.9 Å². The number of carbonyl (C=O) groups is 1. The highest BCUT2D eigenvalue weighted by molar-refractivity contribution is 5.92. The zero-order valence-corrected chi connectivity index (χ0v) is 13.7. The van der Waals surface area contributed by atoms with E-state index in [1.165, 1.54) is 11.8 Å². The smallest absolute Gasteiger partial charge is 0.272 e. The van der Waals surface area contributed by atoms with Crippen LogP contribution in [0.15, 0.2) is 67.0 Å². The van der Waals surface area contributed by atoms with Gasteiger partial charge in [-0.2, -0.15) is 0 Å². The van der Waals surface area contributed by atoms with E-state index in [1.807, 2.05) is 68.4 Å². The third kappa shape index (κ3) is 3.66. The second-order valence-corrected chi connectivity index (χ2v) is 5.77. The molecule has 0 saturated heterocycles. The van der Waals surface area contributed by atoms with Gasteiger partial charge in [0, 0.05) is 6.20 Å². The Kier molecular flexibility index (Phi) is 4.66. The fourth-order valence-corrected chi connectivity index (χ4v) is 2.48. The Morgan fingerprint density at radius 3 is 2.17 bits per heavy atom. The average molecular weight is 317 g/mol. The molecule has 1 N–H and O–H groups in total. The summed E-state index contributed by atoms with van der Waals surface area (Å²) in [6.45, 7) is 3.88. The monoisotopic (exact) mass is 317 g/mol. The summed E-state index contributed by atoms with van der Waals surface area (Å²) in [4.78, 5) is 20.9. The summed E-state index contributed by atoms with van der Waals surface area (Å²) < 4.78 is 0. The zero-order chi connectivity index (χ0) is 16.9. The molecule has 0 saturated carbocycles. The predicted molar refractivity (Wildman–Crippen MR) is 93.7 cm³/mol. The van der Waals surface area contributed by atoms with E-state index in [9.17, 15) is 4.79 Å². The van der Waals surface area contributed by atoms with Crippen LogP contribution in [0.1, 0.15) is 38.9 Å². The Balaban J connectivity index is 1.91. The van der Waals surface area contributed by atoms with Gasteiger partial charge in [0.15, 0.2) is 0 Å². The number of benzene rings is 2. The molecule has 1 atom stereocenters. The molecule has 3 aromatic rings. The van der Waals surface area contributed by atoms with E-state index in [2.05, 4.69) is 15.3 Å². The SMILES string of the molecule is Cc1ccc(C(NC(=O)c2cnc(C)cn2)c2ccccc2)cc1. The molecule has 4 heteroatoms. The molecular formula is C20H19N3O. The quantitative estimate of drug-likeness (QED) is 0.799. The lowest BCUT2D eigenvalue weighted by Crippen LogP contribution is -2.30. The van der Waals surface area contributed by atoms with Gasteiger partial charge in [0.2, 0.25) is 0 Å². The molecule has 4 nitrogen and oxygen atoms in total. The summed E-state index contributed by atoms with van der Waals surface area (Å²) in [7, 11) is 0. The van der Waals surface area contributed by atoms with Gasteiger partial charge in [0.05, 0.1) is 17.9 Å². The molecule has 0 bridgehead atoms. The molecule has 0 fully saturated rings. The molecule has 0 spiro atoms. The second kappa shape index (κ2) is 7.04. The van der Waals surface area contributed by atoms with Gasteiger partial charge in [-0.25, -0.2) is 4.98 Å². The maximum absolute atomic E-state index is 12.6. The number of aromatic nitrogens is 2. The molecule has 1 unspecified atom stereocenters. The van der Waals surface area contributed by atoms with Crippen LogP contribution in [0, 0.1) is 13.8 Å². The highest BCUT2D eigenvalue weighted by atomic mass is 16.1. The molecule has 1 amide bonds. The zero-order valence-electron chi connectivity index (χ0n) is 13.7. The summed E-state index contributed by atoms with van der Waals surface area (Å²) in [5, 5.41) is 3.06. The first kappa shape index (κ1) is 15.9. The summed E-state index contributed by atoms with van der Waals surface area (Å²) in [5.41, 5.74) is 4.33. The number of aryl methyl sites for hydroxylation is 2. The third-order valence-corrected chi connectivity index (χ3v) is 3.83. The van der Waals surface area contributed by atoms with Crippen LogP contribution in [0.25, 0.3) is 0 Å². The van der Waals surface area contributed by atoms with Gasteiger partial charge in [-0.3, -0.25) is 9.78 Å². The van der Waals surface area contributed by atoms with Crippen LogP contribution >= 0.6 is 0 Å². The first-order valence-corrected chi connectivity index (χ1v) is 7.84. The largest absolute Gasteiger partial charge is 0.340 e. The number of nitrogens with zero attached hydrogens (tertiary/aromatic N) is 2. The van der Waals surface area contributed by atoms with Crippen molar-refractivity contribution in [2.24, 2.45) is 0 Å². The lowest BCUT2D eigenvalue weighted by Gasteiger charge is -2.20. The lowest BCUT2D eigenvalue weighted by molar-refractivity contribution is 0.0937. The molecule has 24 heavy (non-hydrogen) atoms. The number of hydrogen-bond donors (Lipinski definition) is 1. The van der Waals surface area contributed by atoms with Gasteiger partial charge >= 0.3 is 0 Å². The van der Waals surface area contributed by atoms with Crippen molar-refractivity contribution in [3.05, 3.63) is 95.1 Å². The Bertz CT molecular complexity index is 812. The third-order valence-electron chi connectivity index (χ3n) is 3.83. The van der Waals surface area contributed by atoms with Crippen molar-refractivity contribution < 1.29 is 4.79 Å². The van der Waals surface area contributed by atoms with Gasteiger partial charge in [-0.15, -0.1) is 0 Å². The molecule has 0 radical (unpaired) electrons. The first-order valence-electron chi connectivity index (χ1n) is 7.84. The normalized spacial score (nSPS) is 11.8. The highest BCUT2D eigenvalue weighted by Crippen LogP contribution is 2.22. The molecule has 1 aromatic heterocycles. The Morgan fingerprint density at radius 2 is 1.54 bits per heavy atom. The molecule has 1 heterocycles. The van der Waals surface area contributed by atoms with Crippen molar-refractivity contribution in [3.63, 3.8) is 0 Å². The number of nitrogens with one attached hydrogen (secondary N) is 1. The van der Waals surface area contributed by atoms with E-state index < -0.39 is 0 Å². The maximum Gasteiger partial charge on any atom is 0.272 e. The van der Waals surface area contributed by atoms with E-state index >= 15 is 0 Å². The van der Waals surface area contributed by atoms with Gasteiger partial charge in [0.25, 0.3) is 5.91 Å². The van der Waals surface area contributed by atoms with Crippen LogP contribution in [0.3, 0.4) is 0 Å². The van der Waals surface area contributed by atoms with Crippen LogP contribution < -0.4 is 5.32 Å². The van der Waals surface area contributed by atoms with Gasteiger partial charge in [-0.1, -0.05) is 60.2 Å². The molecular weight excluding hydrogens is 298 g/mol. The van der Waals surface area contributed by atoms with E-state index in [0.717, 1.165) is 16.8 Å². The Hall–Kier alpha value is -3.01. The minimum absolute atomic E-state index is 0.234. The van der Waals surface area contributed by atoms with Crippen molar-refractivity contribution in [2.45, 2.75) is 19.9 Å². The van der Waals surface area contributed by atoms with Crippen LogP contribution in [-0.2, 0) is 0 Å². The molecule has 120 valence electrons.